The molecule has 1 N–H and O–H groups in total. The van der Waals surface area contributed by atoms with Gasteiger partial charge in [-0.05, 0) is 50.0 Å². The minimum absolute atomic E-state index is 0.693. The van der Waals surface area contributed by atoms with E-state index in [4.69, 9.17) is 11.6 Å². The lowest BCUT2D eigenvalue weighted by atomic mass is 9.99. The van der Waals surface area contributed by atoms with Gasteiger partial charge in [0.25, 0.3) is 0 Å². The van der Waals surface area contributed by atoms with Gasteiger partial charge >= 0.3 is 0 Å². The first-order chi connectivity index (χ1) is 9.83. The summed E-state index contributed by atoms with van der Waals surface area (Å²) in [6.07, 6.45) is 3.78. The van der Waals surface area contributed by atoms with Gasteiger partial charge in [-0.2, -0.15) is 11.8 Å². The normalized spacial score (nSPS) is 25.8. The number of halogens is 1. The summed E-state index contributed by atoms with van der Waals surface area (Å²) in [5.74, 6) is 2.56. The van der Waals surface area contributed by atoms with Gasteiger partial charge in [0, 0.05) is 35.2 Å². The Morgan fingerprint density at radius 1 is 1.20 bits per heavy atom. The fourth-order valence-electron chi connectivity index (χ4n) is 3.36. The first kappa shape index (κ1) is 14.7. The van der Waals surface area contributed by atoms with Crippen LogP contribution in [0.15, 0.2) is 24.3 Å². The Balaban J connectivity index is 1.66. The molecule has 2 aliphatic rings. The fraction of sp³-hybridized carbons (Fsp3) is 0.625. The molecule has 1 atom stereocenters. The molecule has 0 radical (unpaired) electrons. The SMILES string of the molecule is Clc1ccc(C[C@H]2CSCCN2C2CCNCC2)cc1. The second-order valence-electron chi connectivity index (χ2n) is 5.78. The summed E-state index contributed by atoms with van der Waals surface area (Å²) in [6.45, 7) is 3.62. The van der Waals surface area contributed by atoms with Crippen LogP contribution in [0, 0.1) is 0 Å². The van der Waals surface area contributed by atoms with Crippen molar-refractivity contribution in [3.05, 3.63) is 34.9 Å². The summed E-state index contributed by atoms with van der Waals surface area (Å²) in [6, 6.07) is 9.88. The number of thioether (sulfide) groups is 1. The molecule has 2 nitrogen and oxygen atoms in total. The second-order valence-corrected chi connectivity index (χ2v) is 7.36. The molecule has 1 aromatic rings. The van der Waals surface area contributed by atoms with Crippen LogP contribution in [-0.4, -0.2) is 48.1 Å². The Morgan fingerprint density at radius 3 is 2.70 bits per heavy atom. The van der Waals surface area contributed by atoms with E-state index in [1.54, 1.807) is 0 Å². The van der Waals surface area contributed by atoms with Crippen LogP contribution in [0.2, 0.25) is 5.02 Å². The van der Waals surface area contributed by atoms with Crippen LogP contribution in [0.4, 0.5) is 0 Å². The molecule has 0 aromatic heterocycles. The number of hydrogen-bond donors (Lipinski definition) is 1. The van der Waals surface area contributed by atoms with Crippen LogP contribution in [0.5, 0.6) is 0 Å². The van der Waals surface area contributed by atoms with E-state index in [2.05, 4.69) is 34.1 Å². The highest BCUT2D eigenvalue weighted by atomic mass is 35.5. The molecule has 0 saturated carbocycles. The van der Waals surface area contributed by atoms with Crippen LogP contribution in [0.25, 0.3) is 0 Å². The van der Waals surface area contributed by atoms with Crippen molar-refractivity contribution in [2.75, 3.05) is 31.1 Å². The molecule has 2 aliphatic heterocycles. The van der Waals surface area contributed by atoms with E-state index in [0.717, 1.165) is 17.5 Å². The molecule has 0 aliphatic carbocycles. The van der Waals surface area contributed by atoms with Crippen LogP contribution in [0.1, 0.15) is 18.4 Å². The summed E-state index contributed by atoms with van der Waals surface area (Å²) in [7, 11) is 0. The van der Waals surface area contributed by atoms with E-state index in [0.29, 0.717) is 6.04 Å². The molecular weight excluding hydrogens is 288 g/mol. The predicted molar refractivity (Wildman–Crippen MR) is 88.9 cm³/mol. The largest absolute Gasteiger partial charge is 0.317 e. The van der Waals surface area contributed by atoms with Gasteiger partial charge < -0.3 is 5.32 Å². The molecule has 0 amide bonds. The summed E-state index contributed by atoms with van der Waals surface area (Å²) >= 11 is 8.09. The molecule has 0 bridgehead atoms. The molecule has 2 saturated heterocycles. The van der Waals surface area contributed by atoms with Crippen molar-refractivity contribution in [3.63, 3.8) is 0 Å². The highest BCUT2D eigenvalue weighted by molar-refractivity contribution is 7.99. The number of benzene rings is 1. The first-order valence-electron chi connectivity index (χ1n) is 7.61. The van der Waals surface area contributed by atoms with Crippen molar-refractivity contribution in [3.8, 4) is 0 Å². The second kappa shape index (κ2) is 7.17. The van der Waals surface area contributed by atoms with Gasteiger partial charge in [-0.3, -0.25) is 4.90 Å². The zero-order valence-corrected chi connectivity index (χ0v) is 13.4. The minimum atomic E-state index is 0.693. The maximum Gasteiger partial charge on any atom is 0.0406 e. The molecule has 0 unspecified atom stereocenters. The Kier molecular flexibility index (Phi) is 5.27. The standard InChI is InChI=1S/C16H23ClN2S/c17-14-3-1-13(2-4-14)11-16-12-20-10-9-19(16)15-5-7-18-8-6-15/h1-4,15-16,18H,5-12H2/t16-/m0/s1. The van der Waals surface area contributed by atoms with Crippen molar-refractivity contribution in [1.29, 1.82) is 0 Å². The molecule has 1 aromatic carbocycles. The highest BCUT2D eigenvalue weighted by Crippen LogP contribution is 2.25. The van der Waals surface area contributed by atoms with Crippen molar-refractivity contribution in [2.45, 2.75) is 31.3 Å². The molecule has 3 rings (SSSR count). The zero-order valence-electron chi connectivity index (χ0n) is 11.9. The molecule has 0 spiro atoms. The Morgan fingerprint density at radius 2 is 1.95 bits per heavy atom. The number of nitrogens with zero attached hydrogens (tertiary/aromatic N) is 1. The van der Waals surface area contributed by atoms with Crippen molar-refractivity contribution in [2.24, 2.45) is 0 Å². The fourth-order valence-corrected chi connectivity index (χ4v) is 4.57. The quantitative estimate of drug-likeness (QED) is 0.924. The topological polar surface area (TPSA) is 15.3 Å². The minimum Gasteiger partial charge on any atom is -0.317 e. The number of hydrogen-bond acceptors (Lipinski definition) is 3. The number of nitrogens with one attached hydrogen (secondary N) is 1. The van der Waals surface area contributed by atoms with E-state index in [1.165, 1.54) is 49.5 Å². The van der Waals surface area contributed by atoms with Gasteiger partial charge in [-0.25, -0.2) is 0 Å². The Labute approximate surface area is 131 Å². The average Bonchev–Trinajstić information content (AvgIpc) is 2.51. The smallest absolute Gasteiger partial charge is 0.0406 e. The monoisotopic (exact) mass is 310 g/mol. The average molecular weight is 311 g/mol. The Bertz CT molecular complexity index is 417. The van der Waals surface area contributed by atoms with E-state index in [9.17, 15) is 0 Å². The molecular formula is C16H23ClN2S. The summed E-state index contributed by atoms with van der Waals surface area (Å²) in [5, 5.41) is 4.31. The van der Waals surface area contributed by atoms with Gasteiger partial charge in [-0.1, -0.05) is 23.7 Å². The predicted octanol–water partition coefficient (Wildman–Crippen LogP) is 3.05. The number of piperidine rings is 1. The van der Waals surface area contributed by atoms with Gasteiger partial charge in [0.2, 0.25) is 0 Å². The van der Waals surface area contributed by atoms with Crippen LogP contribution in [0.3, 0.4) is 0 Å². The molecule has 20 heavy (non-hydrogen) atoms. The summed E-state index contributed by atoms with van der Waals surface area (Å²) < 4.78 is 0. The van der Waals surface area contributed by atoms with Gasteiger partial charge in [0.1, 0.15) is 0 Å². The molecule has 110 valence electrons. The third-order valence-corrected chi connectivity index (χ3v) is 5.78. The molecule has 2 heterocycles. The van der Waals surface area contributed by atoms with Crippen molar-refractivity contribution >= 4 is 23.4 Å². The third kappa shape index (κ3) is 3.70. The zero-order chi connectivity index (χ0) is 13.8. The van der Waals surface area contributed by atoms with Crippen LogP contribution in [-0.2, 0) is 6.42 Å². The van der Waals surface area contributed by atoms with E-state index < -0.39 is 0 Å². The number of rotatable bonds is 3. The van der Waals surface area contributed by atoms with Gasteiger partial charge in [0.05, 0.1) is 0 Å². The molecule has 2 fully saturated rings. The van der Waals surface area contributed by atoms with E-state index >= 15 is 0 Å². The lowest BCUT2D eigenvalue weighted by Gasteiger charge is -2.42. The first-order valence-corrected chi connectivity index (χ1v) is 9.15. The van der Waals surface area contributed by atoms with E-state index in [-0.39, 0.29) is 0 Å². The van der Waals surface area contributed by atoms with Crippen molar-refractivity contribution in [1.82, 2.24) is 10.2 Å². The van der Waals surface area contributed by atoms with Crippen LogP contribution >= 0.6 is 23.4 Å². The highest BCUT2D eigenvalue weighted by Gasteiger charge is 2.29. The van der Waals surface area contributed by atoms with Gasteiger partial charge in [0.15, 0.2) is 0 Å². The Hall–Kier alpha value is -0.220. The van der Waals surface area contributed by atoms with E-state index in [1.807, 2.05) is 12.1 Å². The maximum atomic E-state index is 5.98. The lowest BCUT2D eigenvalue weighted by Crippen LogP contribution is -2.52. The summed E-state index contributed by atoms with van der Waals surface area (Å²) in [5.41, 5.74) is 1.42. The molecule has 4 heteroatoms. The third-order valence-electron chi connectivity index (χ3n) is 4.44. The summed E-state index contributed by atoms with van der Waals surface area (Å²) in [4.78, 5) is 2.78. The lowest BCUT2D eigenvalue weighted by molar-refractivity contribution is 0.123. The van der Waals surface area contributed by atoms with Crippen LogP contribution < -0.4 is 5.32 Å². The maximum absolute atomic E-state index is 5.98. The van der Waals surface area contributed by atoms with Crippen molar-refractivity contribution < 1.29 is 0 Å². The van der Waals surface area contributed by atoms with Gasteiger partial charge in [-0.15, -0.1) is 0 Å².